The van der Waals surface area contributed by atoms with Crippen molar-refractivity contribution in [2.45, 2.75) is 4.90 Å². The number of piperazine rings is 1. The molecule has 27 heavy (non-hydrogen) atoms. The summed E-state index contributed by atoms with van der Waals surface area (Å²) in [6, 6.07) is 15.5. The minimum absolute atomic E-state index is 0.243. The van der Waals surface area contributed by atoms with Gasteiger partial charge in [-0.25, -0.2) is 8.42 Å². The number of nitrogens with zero attached hydrogens (tertiary/aromatic N) is 3. The van der Waals surface area contributed by atoms with Gasteiger partial charge in [-0.15, -0.1) is 0 Å². The Morgan fingerprint density at radius 1 is 0.963 bits per heavy atom. The Morgan fingerprint density at radius 2 is 1.59 bits per heavy atom. The number of nitro benzene ring substituents is 1. The third-order valence-corrected chi connectivity index (χ3v) is 6.43. The summed E-state index contributed by atoms with van der Waals surface area (Å²) < 4.78 is 26.9. The van der Waals surface area contributed by atoms with E-state index in [-0.39, 0.29) is 10.6 Å². The molecule has 0 amide bonds. The van der Waals surface area contributed by atoms with Crippen molar-refractivity contribution in [1.29, 1.82) is 0 Å². The predicted molar refractivity (Wildman–Crippen MR) is 104 cm³/mol. The summed E-state index contributed by atoms with van der Waals surface area (Å²) in [6.07, 6.45) is 4.10. The van der Waals surface area contributed by atoms with Crippen LogP contribution in [-0.2, 0) is 10.0 Å². The molecule has 2 aromatic carbocycles. The molecule has 1 fully saturated rings. The first-order valence-electron chi connectivity index (χ1n) is 8.66. The Balaban J connectivity index is 1.62. The van der Waals surface area contributed by atoms with E-state index in [1.54, 1.807) is 0 Å². The third-order valence-electron chi connectivity index (χ3n) is 4.48. The van der Waals surface area contributed by atoms with Crippen molar-refractivity contribution < 1.29 is 13.3 Å². The van der Waals surface area contributed by atoms with Crippen LogP contribution in [0.5, 0.6) is 0 Å². The van der Waals surface area contributed by atoms with Crippen molar-refractivity contribution in [2.75, 3.05) is 32.7 Å². The van der Waals surface area contributed by atoms with Gasteiger partial charge in [0, 0.05) is 38.8 Å². The average Bonchev–Trinajstić information content (AvgIpc) is 2.69. The van der Waals surface area contributed by atoms with Crippen molar-refractivity contribution >= 4 is 21.8 Å². The maximum Gasteiger partial charge on any atom is 0.289 e. The van der Waals surface area contributed by atoms with Gasteiger partial charge in [-0.05, 0) is 11.6 Å². The molecule has 142 valence electrons. The van der Waals surface area contributed by atoms with E-state index in [2.05, 4.69) is 11.0 Å². The minimum atomic E-state index is -3.88. The Morgan fingerprint density at radius 3 is 2.26 bits per heavy atom. The molecule has 7 nitrogen and oxygen atoms in total. The van der Waals surface area contributed by atoms with Crippen LogP contribution < -0.4 is 0 Å². The molecule has 0 N–H and O–H groups in total. The van der Waals surface area contributed by atoms with Gasteiger partial charge < -0.3 is 0 Å². The first-order chi connectivity index (χ1) is 13.0. The van der Waals surface area contributed by atoms with Crippen LogP contribution in [0.3, 0.4) is 0 Å². The monoisotopic (exact) mass is 387 g/mol. The van der Waals surface area contributed by atoms with Gasteiger partial charge in [-0.1, -0.05) is 54.6 Å². The quantitative estimate of drug-likeness (QED) is 0.562. The number of sulfonamides is 1. The highest BCUT2D eigenvalue weighted by molar-refractivity contribution is 7.89. The number of benzene rings is 2. The SMILES string of the molecule is O=[N+]([O-])c1ccccc1S(=O)(=O)N1CCN(CC=Cc2ccccc2)CC1. The molecule has 0 aliphatic carbocycles. The van der Waals surface area contributed by atoms with Crippen molar-refractivity contribution in [1.82, 2.24) is 9.21 Å². The van der Waals surface area contributed by atoms with E-state index in [1.807, 2.05) is 36.4 Å². The summed E-state index contributed by atoms with van der Waals surface area (Å²) >= 11 is 0. The molecule has 0 spiro atoms. The van der Waals surface area contributed by atoms with Crippen molar-refractivity contribution in [3.63, 3.8) is 0 Å². The molecule has 1 aliphatic rings. The lowest BCUT2D eigenvalue weighted by molar-refractivity contribution is -0.387. The van der Waals surface area contributed by atoms with E-state index in [9.17, 15) is 18.5 Å². The standard InChI is InChI=1S/C19H21N3O4S/c23-22(24)18-10-4-5-11-19(18)27(25,26)21-15-13-20(14-16-21)12-6-9-17-7-2-1-3-8-17/h1-11H,12-16H2. The average molecular weight is 387 g/mol. The van der Waals surface area contributed by atoms with E-state index < -0.39 is 14.9 Å². The Kier molecular flexibility index (Phi) is 6.00. The molecule has 0 saturated carbocycles. The largest absolute Gasteiger partial charge is 0.297 e. The summed E-state index contributed by atoms with van der Waals surface area (Å²) in [5.74, 6) is 0. The summed E-state index contributed by atoms with van der Waals surface area (Å²) in [5, 5.41) is 11.1. The van der Waals surface area contributed by atoms with E-state index in [4.69, 9.17) is 0 Å². The smallest absolute Gasteiger partial charge is 0.289 e. The van der Waals surface area contributed by atoms with Crippen LogP contribution in [0.25, 0.3) is 6.08 Å². The first-order valence-corrected chi connectivity index (χ1v) is 10.1. The van der Waals surface area contributed by atoms with Crippen LogP contribution in [0.4, 0.5) is 5.69 Å². The summed E-state index contributed by atoms with van der Waals surface area (Å²) in [5.41, 5.74) is 0.737. The number of para-hydroxylation sites is 1. The normalized spacial score (nSPS) is 16.6. The highest BCUT2D eigenvalue weighted by atomic mass is 32.2. The second-order valence-corrected chi connectivity index (χ2v) is 8.15. The van der Waals surface area contributed by atoms with Gasteiger partial charge >= 0.3 is 0 Å². The lowest BCUT2D eigenvalue weighted by Crippen LogP contribution is -2.48. The van der Waals surface area contributed by atoms with Crippen LogP contribution in [0.15, 0.2) is 65.6 Å². The van der Waals surface area contributed by atoms with Gasteiger partial charge in [-0.3, -0.25) is 15.0 Å². The second kappa shape index (κ2) is 8.43. The van der Waals surface area contributed by atoms with Crippen LogP contribution in [-0.4, -0.2) is 55.3 Å². The highest BCUT2D eigenvalue weighted by Gasteiger charge is 2.33. The van der Waals surface area contributed by atoms with Crippen molar-refractivity contribution in [3.8, 4) is 0 Å². The van der Waals surface area contributed by atoms with Crippen LogP contribution >= 0.6 is 0 Å². The molecular weight excluding hydrogens is 366 g/mol. The van der Waals surface area contributed by atoms with Crippen LogP contribution in [0.2, 0.25) is 0 Å². The highest BCUT2D eigenvalue weighted by Crippen LogP contribution is 2.26. The Hall–Kier alpha value is -2.55. The second-order valence-electron chi connectivity index (χ2n) is 6.24. The molecule has 0 aromatic heterocycles. The summed E-state index contributed by atoms with van der Waals surface area (Å²) in [7, 11) is -3.88. The van der Waals surface area contributed by atoms with Gasteiger partial charge in [0.2, 0.25) is 10.0 Å². The zero-order chi connectivity index (χ0) is 19.3. The van der Waals surface area contributed by atoms with E-state index in [1.165, 1.54) is 28.6 Å². The number of hydrogen-bond donors (Lipinski definition) is 0. The molecule has 1 aliphatic heterocycles. The van der Waals surface area contributed by atoms with Gasteiger partial charge in [-0.2, -0.15) is 4.31 Å². The lowest BCUT2D eigenvalue weighted by atomic mass is 10.2. The van der Waals surface area contributed by atoms with Crippen molar-refractivity contribution in [3.05, 3.63) is 76.4 Å². The Labute approximate surface area is 158 Å². The van der Waals surface area contributed by atoms with Crippen LogP contribution in [0, 0.1) is 10.1 Å². The number of rotatable bonds is 6. The third kappa shape index (κ3) is 4.60. The summed E-state index contributed by atoms with van der Waals surface area (Å²) in [6.45, 7) is 2.52. The molecule has 1 saturated heterocycles. The molecule has 2 aromatic rings. The van der Waals surface area contributed by atoms with Gasteiger partial charge in [0.1, 0.15) is 0 Å². The fraction of sp³-hybridized carbons (Fsp3) is 0.263. The maximum absolute atomic E-state index is 12.8. The van der Waals surface area contributed by atoms with Gasteiger partial charge in [0.25, 0.3) is 5.69 Å². The molecule has 0 atom stereocenters. The first kappa shape index (κ1) is 19.2. The molecule has 3 rings (SSSR count). The predicted octanol–water partition coefficient (Wildman–Crippen LogP) is 2.61. The fourth-order valence-electron chi connectivity index (χ4n) is 3.02. The molecule has 1 heterocycles. The zero-order valence-electron chi connectivity index (χ0n) is 14.8. The molecule has 0 unspecified atom stereocenters. The van der Waals surface area contributed by atoms with E-state index >= 15 is 0 Å². The van der Waals surface area contributed by atoms with Gasteiger partial charge in [0.05, 0.1) is 4.92 Å². The Bertz CT molecular complexity index is 921. The molecule has 0 bridgehead atoms. The topological polar surface area (TPSA) is 83.8 Å². The van der Waals surface area contributed by atoms with Crippen LogP contribution in [0.1, 0.15) is 5.56 Å². The molecule has 0 radical (unpaired) electrons. The minimum Gasteiger partial charge on any atom is -0.297 e. The maximum atomic E-state index is 12.8. The van der Waals surface area contributed by atoms with E-state index in [0.29, 0.717) is 26.2 Å². The van der Waals surface area contributed by atoms with E-state index in [0.717, 1.165) is 12.1 Å². The molecular formula is C19H21N3O4S. The van der Waals surface area contributed by atoms with Crippen molar-refractivity contribution in [2.24, 2.45) is 0 Å². The zero-order valence-corrected chi connectivity index (χ0v) is 15.6. The van der Waals surface area contributed by atoms with Gasteiger partial charge in [0.15, 0.2) is 4.90 Å². The number of hydrogen-bond acceptors (Lipinski definition) is 5. The fourth-order valence-corrected chi connectivity index (χ4v) is 4.60. The number of nitro groups is 1. The lowest BCUT2D eigenvalue weighted by Gasteiger charge is -2.33. The summed E-state index contributed by atoms with van der Waals surface area (Å²) in [4.78, 5) is 12.4. The molecule has 8 heteroatoms.